The standard InChI is InChI=1S/C24H22ClF3N2O2/c25-21-13-17(23(31)30-10-2-1-3-11-30)4-5-20(21)18-14-22(32-15-18)16-7-9-29-19(12-16)6-8-24(26,27)28/h4-5,7,9,12-15H,1-3,6,8,10-11H2. The number of hydrogen-bond acceptors (Lipinski definition) is 3. The van der Waals surface area contributed by atoms with E-state index in [1.54, 1.807) is 42.7 Å². The van der Waals surface area contributed by atoms with Crippen molar-refractivity contribution in [1.29, 1.82) is 0 Å². The average molecular weight is 463 g/mol. The number of carbonyl (C=O) groups excluding carboxylic acids is 1. The van der Waals surface area contributed by atoms with E-state index in [4.69, 9.17) is 16.0 Å². The number of piperidine rings is 1. The van der Waals surface area contributed by atoms with Crippen molar-refractivity contribution in [3.63, 3.8) is 0 Å². The number of nitrogens with zero attached hydrogens (tertiary/aromatic N) is 2. The first-order valence-corrected chi connectivity index (χ1v) is 10.9. The molecule has 168 valence electrons. The third-order valence-corrected chi connectivity index (χ3v) is 5.85. The van der Waals surface area contributed by atoms with Crippen LogP contribution in [0.1, 0.15) is 41.7 Å². The van der Waals surface area contributed by atoms with Gasteiger partial charge in [-0.1, -0.05) is 17.7 Å². The van der Waals surface area contributed by atoms with Crippen LogP contribution < -0.4 is 0 Å². The van der Waals surface area contributed by atoms with Crippen LogP contribution >= 0.6 is 11.6 Å². The highest BCUT2D eigenvalue weighted by molar-refractivity contribution is 6.33. The molecule has 1 aliphatic heterocycles. The van der Waals surface area contributed by atoms with Crippen LogP contribution in [-0.4, -0.2) is 35.1 Å². The molecule has 3 aromatic rings. The lowest BCUT2D eigenvalue weighted by molar-refractivity contribution is -0.134. The van der Waals surface area contributed by atoms with Gasteiger partial charge in [0.25, 0.3) is 5.91 Å². The zero-order valence-corrected chi connectivity index (χ0v) is 18.0. The Morgan fingerprint density at radius 1 is 1.06 bits per heavy atom. The lowest BCUT2D eigenvalue weighted by Crippen LogP contribution is -2.35. The third kappa shape index (κ3) is 5.33. The molecule has 1 amide bonds. The van der Waals surface area contributed by atoms with Crippen LogP contribution in [0.2, 0.25) is 5.02 Å². The first-order valence-electron chi connectivity index (χ1n) is 10.5. The first kappa shape index (κ1) is 22.4. The lowest BCUT2D eigenvalue weighted by Gasteiger charge is -2.26. The SMILES string of the molecule is O=C(c1ccc(-c2coc(-c3ccnc(CCC(F)(F)F)c3)c2)c(Cl)c1)N1CCCCC1. The van der Waals surface area contributed by atoms with Crippen LogP contribution in [0.15, 0.2) is 53.3 Å². The Bertz CT molecular complexity index is 1100. The van der Waals surface area contributed by atoms with Gasteiger partial charge >= 0.3 is 6.18 Å². The van der Waals surface area contributed by atoms with Crippen LogP contribution in [0.4, 0.5) is 13.2 Å². The van der Waals surface area contributed by atoms with Crippen molar-refractivity contribution in [1.82, 2.24) is 9.88 Å². The van der Waals surface area contributed by atoms with Gasteiger partial charge in [-0.25, -0.2) is 0 Å². The van der Waals surface area contributed by atoms with Crippen LogP contribution in [0.3, 0.4) is 0 Å². The molecular formula is C24H22ClF3N2O2. The number of rotatable bonds is 5. The molecule has 4 rings (SSSR count). The van der Waals surface area contributed by atoms with E-state index in [1.165, 1.54) is 6.20 Å². The van der Waals surface area contributed by atoms with Crippen LogP contribution in [0, 0.1) is 0 Å². The number of likely N-dealkylation sites (tertiary alicyclic amines) is 1. The van der Waals surface area contributed by atoms with Gasteiger partial charge in [-0.05, 0) is 56.0 Å². The monoisotopic (exact) mass is 462 g/mol. The van der Waals surface area contributed by atoms with Gasteiger partial charge in [0.15, 0.2) is 0 Å². The highest BCUT2D eigenvalue weighted by Gasteiger charge is 2.27. The zero-order valence-electron chi connectivity index (χ0n) is 17.3. The number of aromatic nitrogens is 1. The van der Waals surface area contributed by atoms with Gasteiger partial charge < -0.3 is 9.32 Å². The second-order valence-corrected chi connectivity index (χ2v) is 8.31. The number of aryl methyl sites for hydroxylation is 1. The van der Waals surface area contributed by atoms with E-state index in [0.29, 0.717) is 33.2 Å². The van der Waals surface area contributed by atoms with Crippen LogP contribution in [0.25, 0.3) is 22.5 Å². The molecule has 0 radical (unpaired) electrons. The van der Waals surface area contributed by atoms with E-state index in [2.05, 4.69) is 4.98 Å². The Hall–Kier alpha value is -2.80. The molecule has 8 heteroatoms. The summed E-state index contributed by atoms with van der Waals surface area (Å²) in [6, 6.07) is 10.3. The summed E-state index contributed by atoms with van der Waals surface area (Å²) in [6.07, 6.45) is 0.843. The highest BCUT2D eigenvalue weighted by Crippen LogP contribution is 2.34. The van der Waals surface area contributed by atoms with Crippen molar-refractivity contribution < 1.29 is 22.4 Å². The summed E-state index contributed by atoms with van der Waals surface area (Å²) in [5.41, 5.74) is 2.96. The fraction of sp³-hybridized carbons (Fsp3) is 0.333. The predicted molar refractivity (Wildman–Crippen MR) is 117 cm³/mol. The fourth-order valence-corrected chi connectivity index (χ4v) is 4.12. The maximum Gasteiger partial charge on any atom is 0.389 e. The number of amides is 1. The van der Waals surface area contributed by atoms with Crippen molar-refractivity contribution in [3.8, 4) is 22.5 Å². The number of benzene rings is 1. The predicted octanol–water partition coefficient (Wildman–Crippen LogP) is 6.78. The number of alkyl halides is 3. The number of hydrogen-bond donors (Lipinski definition) is 0. The molecule has 0 atom stereocenters. The Labute approximate surface area is 189 Å². The molecule has 1 saturated heterocycles. The molecule has 3 heterocycles. The van der Waals surface area contributed by atoms with E-state index in [-0.39, 0.29) is 12.3 Å². The minimum absolute atomic E-state index is 0.0193. The average Bonchev–Trinajstić information content (AvgIpc) is 3.27. The molecule has 0 spiro atoms. The molecule has 0 aliphatic carbocycles. The molecular weight excluding hydrogens is 441 g/mol. The molecule has 0 saturated carbocycles. The molecule has 0 N–H and O–H groups in total. The van der Waals surface area contributed by atoms with Crippen LogP contribution in [-0.2, 0) is 6.42 Å². The Morgan fingerprint density at radius 3 is 2.56 bits per heavy atom. The zero-order chi connectivity index (χ0) is 22.7. The number of pyridine rings is 1. The number of carbonyl (C=O) groups is 1. The smallest absolute Gasteiger partial charge is 0.389 e. The molecule has 1 fully saturated rings. The van der Waals surface area contributed by atoms with Gasteiger partial charge in [-0.3, -0.25) is 9.78 Å². The van der Waals surface area contributed by atoms with E-state index >= 15 is 0 Å². The van der Waals surface area contributed by atoms with Gasteiger partial charge in [0.05, 0.1) is 6.26 Å². The molecule has 1 aliphatic rings. The van der Waals surface area contributed by atoms with Gasteiger partial charge in [0.2, 0.25) is 0 Å². The minimum atomic E-state index is -4.23. The fourth-order valence-electron chi connectivity index (χ4n) is 3.83. The molecule has 4 nitrogen and oxygen atoms in total. The summed E-state index contributed by atoms with van der Waals surface area (Å²) in [4.78, 5) is 18.6. The van der Waals surface area contributed by atoms with Gasteiger partial charge in [-0.2, -0.15) is 13.2 Å². The van der Waals surface area contributed by atoms with Crippen molar-refractivity contribution in [2.75, 3.05) is 13.1 Å². The quantitative estimate of drug-likeness (QED) is 0.419. The van der Waals surface area contributed by atoms with Crippen molar-refractivity contribution in [2.45, 2.75) is 38.3 Å². The summed E-state index contributed by atoms with van der Waals surface area (Å²) < 4.78 is 43.1. The summed E-state index contributed by atoms with van der Waals surface area (Å²) in [6.45, 7) is 1.53. The van der Waals surface area contributed by atoms with E-state index in [1.807, 2.05) is 4.90 Å². The highest BCUT2D eigenvalue weighted by atomic mass is 35.5. The maximum atomic E-state index is 12.7. The van der Waals surface area contributed by atoms with Gasteiger partial charge in [-0.15, -0.1) is 0 Å². The van der Waals surface area contributed by atoms with Gasteiger partial charge in [0.1, 0.15) is 5.76 Å². The molecule has 0 bridgehead atoms. The third-order valence-electron chi connectivity index (χ3n) is 5.54. The number of furan rings is 1. The van der Waals surface area contributed by atoms with Crippen LogP contribution in [0.5, 0.6) is 0 Å². The molecule has 1 aromatic carbocycles. The van der Waals surface area contributed by atoms with E-state index < -0.39 is 12.6 Å². The number of halogens is 4. The topological polar surface area (TPSA) is 46.3 Å². The molecule has 0 unspecified atom stereocenters. The van der Waals surface area contributed by atoms with Crippen molar-refractivity contribution >= 4 is 17.5 Å². The second-order valence-electron chi connectivity index (χ2n) is 7.90. The largest absolute Gasteiger partial charge is 0.464 e. The lowest BCUT2D eigenvalue weighted by atomic mass is 10.0. The summed E-state index contributed by atoms with van der Waals surface area (Å²) in [7, 11) is 0. The summed E-state index contributed by atoms with van der Waals surface area (Å²) >= 11 is 6.48. The maximum absolute atomic E-state index is 12.7. The Balaban J connectivity index is 1.52. The summed E-state index contributed by atoms with van der Waals surface area (Å²) in [5.74, 6) is 0.481. The summed E-state index contributed by atoms with van der Waals surface area (Å²) in [5, 5.41) is 0.431. The van der Waals surface area contributed by atoms with E-state index in [0.717, 1.165) is 37.9 Å². The second kappa shape index (κ2) is 9.36. The van der Waals surface area contributed by atoms with Crippen molar-refractivity contribution in [2.24, 2.45) is 0 Å². The first-order chi connectivity index (χ1) is 15.3. The molecule has 2 aromatic heterocycles. The van der Waals surface area contributed by atoms with Crippen molar-refractivity contribution in [3.05, 3.63) is 65.1 Å². The normalized spacial score (nSPS) is 14.6. The minimum Gasteiger partial charge on any atom is -0.464 e. The Morgan fingerprint density at radius 2 is 1.84 bits per heavy atom. The molecule has 32 heavy (non-hydrogen) atoms. The van der Waals surface area contributed by atoms with Gasteiger partial charge in [0, 0.05) is 58.7 Å². The Kier molecular flexibility index (Phi) is 6.55. The van der Waals surface area contributed by atoms with E-state index in [9.17, 15) is 18.0 Å².